The minimum absolute atomic E-state index is 0.163. The first-order valence-corrected chi connectivity index (χ1v) is 10.4. The number of amides is 1. The van der Waals surface area contributed by atoms with Crippen molar-refractivity contribution in [1.29, 1.82) is 0 Å². The van der Waals surface area contributed by atoms with E-state index >= 15 is 0 Å². The first-order valence-electron chi connectivity index (χ1n) is 10.4. The topological polar surface area (TPSA) is 99.2 Å². The highest BCUT2D eigenvalue weighted by atomic mass is 16.3. The lowest BCUT2D eigenvalue weighted by atomic mass is 9.92. The molecule has 0 aliphatic heterocycles. The highest BCUT2D eigenvalue weighted by Crippen LogP contribution is 2.28. The fraction of sp³-hybridized carbons (Fsp3) is 0.348. The summed E-state index contributed by atoms with van der Waals surface area (Å²) in [5, 5.41) is 20.4. The number of anilines is 3. The SMILES string of the molecule is CNc1ncc2c(Nc3cc(C(=O)N[C@H]4CCCC[C@@H]4O)ccc3C)cccc2n1. The molecule has 1 aliphatic carbocycles. The molecule has 1 heterocycles. The Morgan fingerprint density at radius 3 is 2.77 bits per heavy atom. The zero-order chi connectivity index (χ0) is 21.1. The van der Waals surface area contributed by atoms with Crippen molar-refractivity contribution in [3.63, 3.8) is 0 Å². The number of nitrogens with one attached hydrogen (secondary N) is 3. The van der Waals surface area contributed by atoms with E-state index in [1.807, 2.05) is 43.3 Å². The zero-order valence-corrected chi connectivity index (χ0v) is 17.3. The number of benzene rings is 2. The van der Waals surface area contributed by atoms with Crippen LogP contribution in [0.3, 0.4) is 0 Å². The smallest absolute Gasteiger partial charge is 0.251 e. The number of aliphatic hydroxyl groups is 1. The molecule has 1 aromatic heterocycles. The number of carbonyl (C=O) groups is 1. The number of hydrogen-bond donors (Lipinski definition) is 4. The van der Waals surface area contributed by atoms with Gasteiger partial charge in [0, 0.05) is 35.6 Å². The molecule has 7 heteroatoms. The molecule has 1 fully saturated rings. The number of aryl methyl sites for hydroxylation is 1. The number of aromatic nitrogens is 2. The van der Waals surface area contributed by atoms with Crippen molar-refractivity contribution in [2.24, 2.45) is 0 Å². The van der Waals surface area contributed by atoms with Gasteiger partial charge in [0.15, 0.2) is 0 Å². The molecule has 0 unspecified atom stereocenters. The number of hydrogen-bond acceptors (Lipinski definition) is 6. The van der Waals surface area contributed by atoms with Crippen molar-refractivity contribution in [2.75, 3.05) is 17.7 Å². The van der Waals surface area contributed by atoms with Gasteiger partial charge in [0.1, 0.15) is 0 Å². The fourth-order valence-corrected chi connectivity index (χ4v) is 3.86. The van der Waals surface area contributed by atoms with E-state index in [1.165, 1.54) is 0 Å². The highest BCUT2D eigenvalue weighted by molar-refractivity contribution is 5.97. The van der Waals surface area contributed by atoms with E-state index in [-0.39, 0.29) is 11.9 Å². The Morgan fingerprint density at radius 1 is 1.13 bits per heavy atom. The van der Waals surface area contributed by atoms with Gasteiger partial charge in [-0.2, -0.15) is 0 Å². The highest BCUT2D eigenvalue weighted by Gasteiger charge is 2.25. The molecule has 0 bridgehead atoms. The van der Waals surface area contributed by atoms with Crippen LogP contribution in [-0.4, -0.2) is 40.2 Å². The number of aliphatic hydroxyl groups excluding tert-OH is 1. The van der Waals surface area contributed by atoms with Gasteiger partial charge >= 0.3 is 0 Å². The standard InChI is InChI=1S/C23H27N5O2/c1-14-10-11-15(22(30)27-19-6-3-4-9-21(19)29)12-20(14)26-17-7-5-8-18-16(17)13-25-23(24-2)28-18/h5,7-8,10-13,19,21,26,29H,3-4,6,9H2,1-2H3,(H,27,30)(H,24,25,28)/t19-,21-/m0/s1. The predicted molar refractivity (Wildman–Crippen MR) is 119 cm³/mol. The lowest BCUT2D eigenvalue weighted by molar-refractivity contribution is 0.0717. The molecule has 7 nitrogen and oxygen atoms in total. The Bertz CT molecular complexity index is 1070. The van der Waals surface area contributed by atoms with Crippen molar-refractivity contribution >= 4 is 34.1 Å². The summed E-state index contributed by atoms with van der Waals surface area (Å²) in [6.45, 7) is 2.00. The van der Waals surface area contributed by atoms with Gasteiger partial charge < -0.3 is 21.1 Å². The van der Waals surface area contributed by atoms with E-state index in [2.05, 4.69) is 25.9 Å². The molecule has 1 amide bonds. The zero-order valence-electron chi connectivity index (χ0n) is 17.3. The Kier molecular flexibility index (Phi) is 5.81. The molecule has 156 valence electrons. The van der Waals surface area contributed by atoms with Gasteiger partial charge in [-0.25, -0.2) is 9.97 Å². The van der Waals surface area contributed by atoms with Crippen LogP contribution in [0.25, 0.3) is 10.9 Å². The lowest BCUT2D eigenvalue weighted by Gasteiger charge is -2.28. The summed E-state index contributed by atoms with van der Waals surface area (Å²) in [5.41, 5.74) is 4.14. The quantitative estimate of drug-likeness (QED) is 0.516. The summed E-state index contributed by atoms with van der Waals surface area (Å²) in [6.07, 6.45) is 4.91. The number of rotatable bonds is 5. The number of carbonyl (C=O) groups excluding carboxylic acids is 1. The molecule has 0 saturated heterocycles. The van der Waals surface area contributed by atoms with Crippen molar-refractivity contribution in [2.45, 2.75) is 44.8 Å². The summed E-state index contributed by atoms with van der Waals surface area (Å²) >= 11 is 0. The van der Waals surface area contributed by atoms with E-state index in [4.69, 9.17) is 0 Å². The Labute approximate surface area is 175 Å². The second-order valence-corrected chi connectivity index (χ2v) is 7.77. The van der Waals surface area contributed by atoms with E-state index in [0.717, 1.165) is 53.5 Å². The van der Waals surface area contributed by atoms with Crippen LogP contribution < -0.4 is 16.0 Å². The first kappa shape index (κ1) is 20.1. The molecule has 0 spiro atoms. The van der Waals surface area contributed by atoms with Crippen LogP contribution in [0.15, 0.2) is 42.6 Å². The second-order valence-electron chi connectivity index (χ2n) is 7.77. The molecule has 0 radical (unpaired) electrons. The maximum Gasteiger partial charge on any atom is 0.251 e. The maximum absolute atomic E-state index is 12.8. The van der Waals surface area contributed by atoms with Crippen LogP contribution in [0.1, 0.15) is 41.6 Å². The molecule has 3 aromatic rings. The van der Waals surface area contributed by atoms with Gasteiger partial charge in [-0.1, -0.05) is 25.0 Å². The van der Waals surface area contributed by atoms with Gasteiger partial charge in [0.2, 0.25) is 5.95 Å². The first-order chi connectivity index (χ1) is 14.5. The lowest BCUT2D eigenvalue weighted by Crippen LogP contribution is -2.45. The number of nitrogens with zero attached hydrogens (tertiary/aromatic N) is 2. The van der Waals surface area contributed by atoms with Crippen molar-refractivity contribution in [1.82, 2.24) is 15.3 Å². The van der Waals surface area contributed by atoms with Gasteiger partial charge in [0.05, 0.1) is 17.7 Å². The molecule has 2 atom stereocenters. The van der Waals surface area contributed by atoms with Gasteiger partial charge in [-0.3, -0.25) is 4.79 Å². The Hall–Kier alpha value is -3.19. The number of fused-ring (bicyclic) bond motifs is 1. The average Bonchev–Trinajstić information content (AvgIpc) is 2.76. The van der Waals surface area contributed by atoms with Crippen LogP contribution in [0.2, 0.25) is 0 Å². The predicted octanol–water partition coefficient (Wildman–Crippen LogP) is 3.76. The van der Waals surface area contributed by atoms with Crippen LogP contribution in [-0.2, 0) is 0 Å². The Balaban J connectivity index is 1.58. The van der Waals surface area contributed by atoms with Crippen molar-refractivity contribution in [3.8, 4) is 0 Å². The van der Waals surface area contributed by atoms with E-state index in [0.29, 0.717) is 11.5 Å². The monoisotopic (exact) mass is 405 g/mol. The summed E-state index contributed by atoms with van der Waals surface area (Å²) in [6, 6.07) is 11.3. The van der Waals surface area contributed by atoms with E-state index in [1.54, 1.807) is 13.2 Å². The van der Waals surface area contributed by atoms with Gasteiger partial charge in [-0.15, -0.1) is 0 Å². The minimum Gasteiger partial charge on any atom is -0.391 e. The molecule has 1 saturated carbocycles. The third-order valence-corrected chi connectivity index (χ3v) is 5.66. The normalized spacial score (nSPS) is 18.8. The second kappa shape index (κ2) is 8.67. The third-order valence-electron chi connectivity index (χ3n) is 5.66. The van der Waals surface area contributed by atoms with Crippen LogP contribution >= 0.6 is 0 Å². The van der Waals surface area contributed by atoms with E-state index in [9.17, 15) is 9.90 Å². The molecule has 4 rings (SSSR count). The summed E-state index contributed by atoms with van der Waals surface area (Å²) in [4.78, 5) is 21.6. The molecule has 30 heavy (non-hydrogen) atoms. The molecular formula is C23H27N5O2. The molecule has 4 N–H and O–H groups in total. The fourth-order valence-electron chi connectivity index (χ4n) is 3.86. The summed E-state index contributed by atoms with van der Waals surface area (Å²) < 4.78 is 0. The molecular weight excluding hydrogens is 378 g/mol. The Morgan fingerprint density at radius 2 is 1.97 bits per heavy atom. The maximum atomic E-state index is 12.8. The van der Waals surface area contributed by atoms with Gasteiger partial charge in [0.25, 0.3) is 5.91 Å². The van der Waals surface area contributed by atoms with Crippen molar-refractivity contribution in [3.05, 3.63) is 53.7 Å². The minimum atomic E-state index is -0.469. The summed E-state index contributed by atoms with van der Waals surface area (Å²) in [7, 11) is 1.79. The largest absolute Gasteiger partial charge is 0.391 e. The van der Waals surface area contributed by atoms with Crippen molar-refractivity contribution < 1.29 is 9.90 Å². The van der Waals surface area contributed by atoms with Crippen LogP contribution in [0.5, 0.6) is 0 Å². The summed E-state index contributed by atoms with van der Waals surface area (Å²) in [5.74, 6) is 0.406. The third kappa shape index (κ3) is 4.21. The van der Waals surface area contributed by atoms with Crippen LogP contribution in [0, 0.1) is 6.92 Å². The molecule has 1 aliphatic rings. The average molecular weight is 406 g/mol. The van der Waals surface area contributed by atoms with Gasteiger partial charge in [-0.05, 0) is 49.6 Å². The molecule has 2 aromatic carbocycles. The van der Waals surface area contributed by atoms with Crippen LogP contribution in [0.4, 0.5) is 17.3 Å². The van der Waals surface area contributed by atoms with E-state index < -0.39 is 6.10 Å².